The van der Waals surface area contributed by atoms with E-state index in [0.29, 0.717) is 0 Å². The van der Waals surface area contributed by atoms with Gasteiger partial charge in [0.15, 0.2) is 0 Å². The molecule has 5 heteroatoms. The van der Waals surface area contributed by atoms with Crippen molar-refractivity contribution in [3.63, 3.8) is 0 Å². The highest BCUT2D eigenvalue weighted by atomic mass is 16.2. The number of nitrogens with zero attached hydrogens (tertiary/aromatic N) is 2. The van der Waals surface area contributed by atoms with E-state index in [0.717, 1.165) is 41.3 Å². The summed E-state index contributed by atoms with van der Waals surface area (Å²) in [6.07, 6.45) is 0. The average molecular weight is 367 g/mol. The molecule has 0 radical (unpaired) electrons. The van der Waals surface area contributed by atoms with Crippen molar-refractivity contribution in [2.45, 2.75) is 34.6 Å². The molecule has 0 aliphatic carbocycles. The number of carbonyl (C=O) groups excluding carboxylic acids is 2. The minimum absolute atomic E-state index is 0.0205. The second-order valence-corrected chi connectivity index (χ2v) is 6.66. The van der Waals surface area contributed by atoms with Crippen molar-refractivity contribution in [3.05, 3.63) is 53.6 Å². The number of aryl methyl sites for hydroxylation is 2. The van der Waals surface area contributed by atoms with Crippen LogP contribution in [-0.2, 0) is 9.59 Å². The fourth-order valence-electron chi connectivity index (χ4n) is 3.02. The Balaban J connectivity index is 2.14. The van der Waals surface area contributed by atoms with Crippen LogP contribution in [0.3, 0.4) is 0 Å². The van der Waals surface area contributed by atoms with Gasteiger partial charge in [0.25, 0.3) is 0 Å². The maximum Gasteiger partial charge on any atom is 0.244 e. The SMILES string of the molecule is CCN(CC)c1ccc(N(CC(=O)Nc2cc(C)ccc2C)C(C)=O)cc1. The first-order valence-electron chi connectivity index (χ1n) is 9.35. The summed E-state index contributed by atoms with van der Waals surface area (Å²) in [4.78, 5) is 28.4. The zero-order chi connectivity index (χ0) is 20.0. The molecule has 27 heavy (non-hydrogen) atoms. The van der Waals surface area contributed by atoms with Gasteiger partial charge in [0, 0.05) is 37.1 Å². The van der Waals surface area contributed by atoms with E-state index in [1.165, 1.54) is 11.8 Å². The summed E-state index contributed by atoms with van der Waals surface area (Å²) in [5, 5.41) is 2.91. The molecule has 0 fully saturated rings. The standard InChI is InChI=1S/C22H29N3O2/c1-6-24(7-2)19-10-12-20(13-11-19)25(18(5)26)15-22(27)23-21-14-16(3)8-9-17(21)4/h8-14H,6-7,15H2,1-5H3,(H,23,27). The number of hydrogen-bond acceptors (Lipinski definition) is 3. The number of carbonyl (C=O) groups is 2. The normalized spacial score (nSPS) is 10.4. The first kappa shape index (κ1) is 20.5. The van der Waals surface area contributed by atoms with E-state index in [1.807, 2.05) is 56.3 Å². The van der Waals surface area contributed by atoms with Gasteiger partial charge in [0.1, 0.15) is 6.54 Å². The first-order chi connectivity index (χ1) is 12.8. The van der Waals surface area contributed by atoms with Gasteiger partial charge in [-0.15, -0.1) is 0 Å². The van der Waals surface area contributed by atoms with Gasteiger partial charge in [0.2, 0.25) is 11.8 Å². The molecule has 0 unspecified atom stereocenters. The van der Waals surface area contributed by atoms with Gasteiger partial charge in [0.05, 0.1) is 0 Å². The van der Waals surface area contributed by atoms with Crippen molar-refractivity contribution in [3.8, 4) is 0 Å². The van der Waals surface area contributed by atoms with Crippen LogP contribution in [0.1, 0.15) is 31.9 Å². The number of anilines is 3. The van der Waals surface area contributed by atoms with Crippen LogP contribution < -0.4 is 15.1 Å². The highest BCUT2D eigenvalue weighted by Crippen LogP contribution is 2.22. The van der Waals surface area contributed by atoms with Gasteiger partial charge in [-0.05, 0) is 69.2 Å². The summed E-state index contributed by atoms with van der Waals surface area (Å²) >= 11 is 0. The summed E-state index contributed by atoms with van der Waals surface area (Å²) < 4.78 is 0. The molecule has 2 aromatic carbocycles. The predicted octanol–water partition coefficient (Wildman–Crippen LogP) is 4.14. The molecule has 2 amide bonds. The second-order valence-electron chi connectivity index (χ2n) is 6.66. The van der Waals surface area contributed by atoms with Crippen LogP contribution in [0, 0.1) is 13.8 Å². The number of benzene rings is 2. The Morgan fingerprint density at radius 3 is 2.07 bits per heavy atom. The molecule has 0 atom stereocenters. The monoisotopic (exact) mass is 367 g/mol. The molecular weight excluding hydrogens is 338 g/mol. The van der Waals surface area contributed by atoms with Crippen molar-refractivity contribution in [2.75, 3.05) is 34.8 Å². The molecule has 5 nitrogen and oxygen atoms in total. The number of rotatable bonds is 7. The molecular formula is C22H29N3O2. The van der Waals surface area contributed by atoms with Gasteiger partial charge in [-0.1, -0.05) is 12.1 Å². The summed E-state index contributed by atoms with van der Waals surface area (Å²) in [6, 6.07) is 13.7. The lowest BCUT2D eigenvalue weighted by Crippen LogP contribution is -2.36. The molecule has 0 aromatic heterocycles. The number of amides is 2. The van der Waals surface area contributed by atoms with E-state index in [-0.39, 0.29) is 18.4 Å². The molecule has 1 N–H and O–H groups in total. The van der Waals surface area contributed by atoms with Gasteiger partial charge in [-0.25, -0.2) is 0 Å². The molecule has 0 aliphatic rings. The highest BCUT2D eigenvalue weighted by molar-refractivity contribution is 6.02. The van der Waals surface area contributed by atoms with Crippen LogP contribution in [0.5, 0.6) is 0 Å². The van der Waals surface area contributed by atoms with E-state index in [1.54, 1.807) is 0 Å². The third kappa shape index (κ3) is 5.33. The molecule has 2 rings (SSSR count). The lowest BCUT2D eigenvalue weighted by molar-refractivity contribution is -0.120. The Hall–Kier alpha value is -2.82. The van der Waals surface area contributed by atoms with Crippen LogP contribution in [0.2, 0.25) is 0 Å². The molecule has 0 heterocycles. The van der Waals surface area contributed by atoms with Gasteiger partial charge in [-0.3, -0.25) is 9.59 Å². The number of nitrogens with one attached hydrogen (secondary N) is 1. The molecule has 144 valence electrons. The van der Waals surface area contributed by atoms with Gasteiger partial charge < -0.3 is 15.1 Å². The zero-order valence-electron chi connectivity index (χ0n) is 16.9. The smallest absolute Gasteiger partial charge is 0.244 e. The van der Waals surface area contributed by atoms with Crippen molar-refractivity contribution < 1.29 is 9.59 Å². The van der Waals surface area contributed by atoms with Crippen LogP contribution >= 0.6 is 0 Å². The zero-order valence-corrected chi connectivity index (χ0v) is 16.9. The molecule has 0 saturated heterocycles. The lowest BCUT2D eigenvalue weighted by Gasteiger charge is -2.24. The maximum atomic E-state index is 12.5. The second kappa shape index (κ2) is 9.21. The Labute approximate surface area is 162 Å². The van der Waals surface area contributed by atoms with Crippen LogP contribution in [0.4, 0.5) is 17.1 Å². The van der Waals surface area contributed by atoms with E-state index in [2.05, 4.69) is 24.1 Å². The van der Waals surface area contributed by atoms with E-state index < -0.39 is 0 Å². The highest BCUT2D eigenvalue weighted by Gasteiger charge is 2.17. The van der Waals surface area contributed by atoms with E-state index >= 15 is 0 Å². The average Bonchev–Trinajstić information content (AvgIpc) is 2.64. The first-order valence-corrected chi connectivity index (χ1v) is 9.35. The third-order valence-corrected chi connectivity index (χ3v) is 4.64. The largest absolute Gasteiger partial charge is 0.372 e. The number of hydrogen-bond donors (Lipinski definition) is 1. The van der Waals surface area contributed by atoms with E-state index in [4.69, 9.17) is 0 Å². The maximum absolute atomic E-state index is 12.5. The Morgan fingerprint density at radius 2 is 1.52 bits per heavy atom. The van der Waals surface area contributed by atoms with Crippen LogP contribution in [0.25, 0.3) is 0 Å². The van der Waals surface area contributed by atoms with Crippen molar-refractivity contribution >= 4 is 28.9 Å². The molecule has 0 bridgehead atoms. The minimum Gasteiger partial charge on any atom is -0.372 e. The van der Waals surface area contributed by atoms with Crippen LogP contribution in [-0.4, -0.2) is 31.4 Å². The fourth-order valence-corrected chi connectivity index (χ4v) is 3.02. The molecule has 0 aliphatic heterocycles. The van der Waals surface area contributed by atoms with Gasteiger partial charge >= 0.3 is 0 Å². The Kier molecular flexibility index (Phi) is 6.99. The molecule has 2 aromatic rings. The summed E-state index contributed by atoms with van der Waals surface area (Å²) in [5.74, 6) is -0.381. The lowest BCUT2D eigenvalue weighted by atomic mass is 10.1. The third-order valence-electron chi connectivity index (χ3n) is 4.64. The Morgan fingerprint density at radius 1 is 0.926 bits per heavy atom. The Bertz CT molecular complexity index is 796. The summed E-state index contributed by atoms with van der Waals surface area (Å²) in [7, 11) is 0. The summed E-state index contributed by atoms with van der Waals surface area (Å²) in [6.45, 7) is 11.4. The van der Waals surface area contributed by atoms with Crippen molar-refractivity contribution in [1.82, 2.24) is 0 Å². The van der Waals surface area contributed by atoms with Crippen molar-refractivity contribution in [1.29, 1.82) is 0 Å². The molecule has 0 spiro atoms. The summed E-state index contributed by atoms with van der Waals surface area (Å²) in [5.41, 5.74) is 4.67. The van der Waals surface area contributed by atoms with E-state index in [9.17, 15) is 9.59 Å². The van der Waals surface area contributed by atoms with Gasteiger partial charge in [-0.2, -0.15) is 0 Å². The van der Waals surface area contributed by atoms with Crippen LogP contribution in [0.15, 0.2) is 42.5 Å². The minimum atomic E-state index is -0.216. The van der Waals surface area contributed by atoms with Crippen molar-refractivity contribution in [2.24, 2.45) is 0 Å². The molecule has 0 saturated carbocycles. The quantitative estimate of drug-likeness (QED) is 0.800. The fraction of sp³-hybridized carbons (Fsp3) is 0.364. The topological polar surface area (TPSA) is 52.6 Å². The predicted molar refractivity (Wildman–Crippen MR) is 113 cm³/mol.